The smallest absolute Gasteiger partial charge is 0.224 e. The Bertz CT molecular complexity index is 416. The summed E-state index contributed by atoms with van der Waals surface area (Å²) in [6, 6.07) is 5.59. The molecule has 1 aromatic carbocycles. The third kappa shape index (κ3) is 3.91. The lowest BCUT2D eigenvalue weighted by Crippen LogP contribution is -2.17. The lowest BCUT2D eigenvalue weighted by molar-refractivity contribution is -0.116. The number of carbonyl (C=O) groups is 1. The number of nitrogens with two attached hydrogens (primary N) is 1. The maximum Gasteiger partial charge on any atom is 0.224 e. The van der Waals surface area contributed by atoms with Crippen LogP contribution in [0.5, 0.6) is 0 Å². The molecule has 0 atom stereocenters. The lowest BCUT2D eigenvalue weighted by atomic mass is 9.82. The number of amides is 1. The van der Waals surface area contributed by atoms with E-state index in [0.29, 0.717) is 12.1 Å². The predicted octanol–water partition coefficient (Wildman–Crippen LogP) is 3.52. The average molecular weight is 269 g/mol. The van der Waals surface area contributed by atoms with E-state index in [2.05, 4.69) is 5.32 Å². The van der Waals surface area contributed by atoms with Crippen molar-refractivity contribution in [1.29, 1.82) is 0 Å². The minimum atomic E-state index is 0. The minimum Gasteiger partial charge on any atom is -0.399 e. The molecule has 18 heavy (non-hydrogen) atoms. The molecule has 1 amide bonds. The van der Waals surface area contributed by atoms with Gasteiger partial charge in [0.15, 0.2) is 0 Å². The lowest BCUT2D eigenvalue weighted by Gasteiger charge is -2.24. The molecule has 1 aliphatic rings. The van der Waals surface area contributed by atoms with Crippen LogP contribution in [0.2, 0.25) is 0 Å². The summed E-state index contributed by atoms with van der Waals surface area (Å²) in [4.78, 5) is 11.8. The Morgan fingerprint density at radius 3 is 2.78 bits per heavy atom. The summed E-state index contributed by atoms with van der Waals surface area (Å²) < 4.78 is 0. The zero-order chi connectivity index (χ0) is 12.3. The van der Waals surface area contributed by atoms with Gasteiger partial charge in [-0.1, -0.05) is 25.3 Å². The normalized spacial score (nSPS) is 14.5. The zero-order valence-corrected chi connectivity index (χ0v) is 11.6. The molecule has 0 radical (unpaired) electrons. The van der Waals surface area contributed by atoms with Gasteiger partial charge in [-0.05, 0) is 37.0 Å². The van der Waals surface area contributed by atoms with Gasteiger partial charge in [0.1, 0.15) is 0 Å². The second-order valence-corrected chi connectivity index (χ2v) is 4.96. The van der Waals surface area contributed by atoms with Gasteiger partial charge in [0.2, 0.25) is 5.91 Å². The molecule has 3 nitrogen and oxygen atoms in total. The van der Waals surface area contributed by atoms with Gasteiger partial charge in [0.25, 0.3) is 0 Å². The molecule has 0 spiro atoms. The first-order valence-corrected chi connectivity index (χ1v) is 6.31. The molecular formula is C14H21ClN2O. The average Bonchev–Trinajstić information content (AvgIpc) is 2.21. The standard InChI is InChI=1S/C14H20N2O.ClH/c1-10-5-7-12(15)9-13(10)16-14(17)8-6-11-3-2-4-11;/h5,7,9,11H,2-4,6,8,15H2,1H3,(H,16,17);1H. The Hall–Kier alpha value is -1.22. The molecule has 4 heteroatoms. The fourth-order valence-electron chi connectivity index (χ4n) is 2.10. The van der Waals surface area contributed by atoms with E-state index in [9.17, 15) is 4.79 Å². The molecule has 1 aromatic rings. The summed E-state index contributed by atoms with van der Waals surface area (Å²) in [6.07, 6.45) is 5.57. The third-order valence-corrected chi connectivity index (χ3v) is 3.54. The Labute approximate surface area is 115 Å². The summed E-state index contributed by atoms with van der Waals surface area (Å²) in [5.41, 5.74) is 8.28. The second-order valence-electron chi connectivity index (χ2n) is 4.96. The van der Waals surface area contributed by atoms with Crippen molar-refractivity contribution >= 4 is 29.7 Å². The number of halogens is 1. The minimum absolute atomic E-state index is 0. The number of nitrogen functional groups attached to an aromatic ring is 1. The SMILES string of the molecule is Cc1ccc(N)cc1NC(=O)CCC1CCC1.Cl. The van der Waals surface area contributed by atoms with Crippen LogP contribution in [0.4, 0.5) is 11.4 Å². The van der Waals surface area contributed by atoms with E-state index in [4.69, 9.17) is 5.73 Å². The molecule has 100 valence electrons. The van der Waals surface area contributed by atoms with Crippen LogP contribution in [0.25, 0.3) is 0 Å². The highest BCUT2D eigenvalue weighted by atomic mass is 35.5. The van der Waals surface area contributed by atoms with Gasteiger partial charge in [0, 0.05) is 17.8 Å². The van der Waals surface area contributed by atoms with Crippen LogP contribution in [0.1, 0.15) is 37.7 Å². The molecule has 1 aliphatic carbocycles. The van der Waals surface area contributed by atoms with Crippen molar-refractivity contribution in [3.63, 3.8) is 0 Å². The quantitative estimate of drug-likeness (QED) is 0.821. The van der Waals surface area contributed by atoms with Crippen LogP contribution in [0.3, 0.4) is 0 Å². The van der Waals surface area contributed by atoms with Gasteiger partial charge in [-0.25, -0.2) is 0 Å². The van der Waals surface area contributed by atoms with Crippen molar-refractivity contribution in [3.05, 3.63) is 23.8 Å². The van der Waals surface area contributed by atoms with Crippen molar-refractivity contribution in [2.75, 3.05) is 11.1 Å². The number of aryl methyl sites for hydroxylation is 1. The third-order valence-electron chi connectivity index (χ3n) is 3.54. The predicted molar refractivity (Wildman–Crippen MR) is 78.0 cm³/mol. The van der Waals surface area contributed by atoms with Crippen molar-refractivity contribution < 1.29 is 4.79 Å². The zero-order valence-electron chi connectivity index (χ0n) is 10.7. The van der Waals surface area contributed by atoms with Crippen LogP contribution in [0, 0.1) is 12.8 Å². The molecule has 1 saturated carbocycles. The van der Waals surface area contributed by atoms with E-state index in [0.717, 1.165) is 23.6 Å². The number of benzene rings is 1. The van der Waals surface area contributed by atoms with E-state index in [1.165, 1.54) is 19.3 Å². The second kappa shape index (κ2) is 6.64. The van der Waals surface area contributed by atoms with Gasteiger partial charge in [-0.15, -0.1) is 12.4 Å². The molecule has 2 rings (SSSR count). The molecule has 3 N–H and O–H groups in total. The number of anilines is 2. The molecule has 0 aliphatic heterocycles. The molecular weight excluding hydrogens is 248 g/mol. The largest absolute Gasteiger partial charge is 0.399 e. The molecule has 1 fully saturated rings. The molecule has 0 aromatic heterocycles. The number of carbonyl (C=O) groups excluding carboxylic acids is 1. The number of hydrogen-bond acceptors (Lipinski definition) is 2. The summed E-state index contributed by atoms with van der Waals surface area (Å²) in [5.74, 6) is 0.883. The highest BCUT2D eigenvalue weighted by Gasteiger charge is 2.18. The van der Waals surface area contributed by atoms with Gasteiger partial charge in [-0.2, -0.15) is 0 Å². The summed E-state index contributed by atoms with van der Waals surface area (Å²) in [5, 5.41) is 2.94. The van der Waals surface area contributed by atoms with Gasteiger partial charge in [0.05, 0.1) is 0 Å². The monoisotopic (exact) mass is 268 g/mol. The highest BCUT2D eigenvalue weighted by molar-refractivity contribution is 5.92. The van der Waals surface area contributed by atoms with E-state index < -0.39 is 0 Å². The van der Waals surface area contributed by atoms with E-state index >= 15 is 0 Å². The fraction of sp³-hybridized carbons (Fsp3) is 0.500. The van der Waals surface area contributed by atoms with Gasteiger partial charge < -0.3 is 11.1 Å². The molecule has 0 bridgehead atoms. The fourth-order valence-corrected chi connectivity index (χ4v) is 2.10. The Balaban J connectivity index is 0.00000162. The molecule has 0 unspecified atom stereocenters. The topological polar surface area (TPSA) is 55.1 Å². The van der Waals surface area contributed by atoms with Crippen molar-refractivity contribution in [3.8, 4) is 0 Å². The molecule has 0 saturated heterocycles. The first kappa shape index (κ1) is 14.8. The van der Waals surface area contributed by atoms with Crippen molar-refractivity contribution in [2.45, 2.75) is 39.0 Å². The maximum absolute atomic E-state index is 11.8. The van der Waals surface area contributed by atoms with Crippen molar-refractivity contribution in [2.24, 2.45) is 5.92 Å². The molecule has 0 heterocycles. The van der Waals surface area contributed by atoms with E-state index in [1.54, 1.807) is 0 Å². The number of nitrogens with one attached hydrogen (secondary N) is 1. The van der Waals surface area contributed by atoms with Crippen molar-refractivity contribution in [1.82, 2.24) is 0 Å². The van der Waals surface area contributed by atoms with Crippen LogP contribution in [-0.2, 0) is 4.79 Å². The highest BCUT2D eigenvalue weighted by Crippen LogP contribution is 2.30. The Kier molecular flexibility index (Phi) is 5.48. The number of rotatable bonds is 4. The van der Waals surface area contributed by atoms with E-state index in [-0.39, 0.29) is 18.3 Å². The maximum atomic E-state index is 11.8. The summed E-state index contributed by atoms with van der Waals surface area (Å²) in [6.45, 7) is 1.97. The Morgan fingerprint density at radius 1 is 1.44 bits per heavy atom. The van der Waals surface area contributed by atoms with Crippen LogP contribution in [-0.4, -0.2) is 5.91 Å². The van der Waals surface area contributed by atoms with Crippen LogP contribution >= 0.6 is 12.4 Å². The summed E-state index contributed by atoms with van der Waals surface area (Å²) in [7, 11) is 0. The van der Waals surface area contributed by atoms with Gasteiger partial charge in [-0.3, -0.25) is 4.79 Å². The first-order valence-electron chi connectivity index (χ1n) is 6.31. The first-order chi connectivity index (χ1) is 8.15. The Morgan fingerprint density at radius 2 is 2.17 bits per heavy atom. The number of hydrogen-bond donors (Lipinski definition) is 2. The van der Waals surface area contributed by atoms with E-state index in [1.807, 2.05) is 25.1 Å². The van der Waals surface area contributed by atoms with Crippen LogP contribution in [0.15, 0.2) is 18.2 Å². The summed E-state index contributed by atoms with van der Waals surface area (Å²) >= 11 is 0. The van der Waals surface area contributed by atoms with Gasteiger partial charge >= 0.3 is 0 Å². The van der Waals surface area contributed by atoms with Crippen LogP contribution < -0.4 is 11.1 Å².